The predicted molar refractivity (Wildman–Crippen MR) is 94.1 cm³/mol. The molecule has 0 saturated heterocycles. The van der Waals surface area contributed by atoms with Crippen molar-refractivity contribution in [3.05, 3.63) is 52.1 Å². The Labute approximate surface area is 140 Å². The second-order valence-corrected chi connectivity index (χ2v) is 6.34. The summed E-state index contributed by atoms with van der Waals surface area (Å²) < 4.78 is 6.79. The maximum atomic E-state index is 12.8. The molecule has 4 rings (SSSR count). The maximum absolute atomic E-state index is 12.8. The summed E-state index contributed by atoms with van der Waals surface area (Å²) in [6, 6.07) is 7.48. The highest BCUT2D eigenvalue weighted by atomic mass is 16.5. The summed E-state index contributed by atoms with van der Waals surface area (Å²) in [7, 11) is 1.63. The molecule has 0 radical (unpaired) electrons. The van der Waals surface area contributed by atoms with Crippen LogP contribution in [0, 0.1) is 0 Å². The number of hydrogen-bond donors (Lipinski definition) is 1. The monoisotopic (exact) mass is 323 g/mol. The van der Waals surface area contributed by atoms with E-state index in [0.29, 0.717) is 5.39 Å². The van der Waals surface area contributed by atoms with Crippen LogP contribution in [0.25, 0.3) is 16.6 Å². The Balaban J connectivity index is 1.87. The van der Waals surface area contributed by atoms with E-state index in [9.17, 15) is 4.79 Å². The third-order valence-electron chi connectivity index (χ3n) is 4.85. The van der Waals surface area contributed by atoms with Crippen LogP contribution in [0.4, 0.5) is 0 Å². The second-order valence-electron chi connectivity index (χ2n) is 6.34. The molecule has 3 aromatic rings. The van der Waals surface area contributed by atoms with Gasteiger partial charge in [0.1, 0.15) is 5.75 Å². The van der Waals surface area contributed by atoms with Gasteiger partial charge in [-0.05, 0) is 55.5 Å². The fraction of sp³-hybridized carbons (Fsp3) is 0.368. The van der Waals surface area contributed by atoms with Crippen molar-refractivity contribution < 1.29 is 4.74 Å². The van der Waals surface area contributed by atoms with Gasteiger partial charge >= 0.3 is 0 Å². The van der Waals surface area contributed by atoms with Gasteiger partial charge in [0.05, 0.1) is 23.7 Å². The molecule has 1 aromatic carbocycles. The maximum Gasteiger partial charge on any atom is 0.280 e. The molecule has 0 bridgehead atoms. The van der Waals surface area contributed by atoms with Crippen molar-refractivity contribution in [3.8, 4) is 11.4 Å². The summed E-state index contributed by atoms with van der Waals surface area (Å²) in [5.74, 6) is 0.773. The van der Waals surface area contributed by atoms with Gasteiger partial charge in [0.2, 0.25) is 0 Å². The number of nitrogens with zero attached hydrogens (tertiary/aromatic N) is 2. The van der Waals surface area contributed by atoms with E-state index in [1.165, 1.54) is 24.8 Å². The molecule has 0 saturated carbocycles. The SMILES string of the molecule is COc1ccc(-n2[nH]c3c4c(ncc3c2=O)CCCCCC4)cc1. The van der Waals surface area contributed by atoms with Crippen molar-refractivity contribution in [2.24, 2.45) is 0 Å². The number of ether oxygens (including phenoxy) is 1. The van der Waals surface area contributed by atoms with E-state index in [1.807, 2.05) is 24.3 Å². The zero-order valence-corrected chi connectivity index (χ0v) is 13.8. The summed E-state index contributed by atoms with van der Waals surface area (Å²) in [4.78, 5) is 17.4. The quantitative estimate of drug-likeness (QED) is 0.786. The van der Waals surface area contributed by atoms with Gasteiger partial charge in [-0.15, -0.1) is 0 Å². The van der Waals surface area contributed by atoms with Gasteiger partial charge < -0.3 is 4.74 Å². The van der Waals surface area contributed by atoms with E-state index in [0.717, 1.165) is 41.9 Å². The third-order valence-corrected chi connectivity index (χ3v) is 4.85. The Hall–Kier alpha value is -2.56. The van der Waals surface area contributed by atoms with Gasteiger partial charge in [-0.3, -0.25) is 14.9 Å². The number of hydrogen-bond acceptors (Lipinski definition) is 3. The predicted octanol–water partition coefficient (Wildman–Crippen LogP) is 3.38. The summed E-state index contributed by atoms with van der Waals surface area (Å²) >= 11 is 0. The molecule has 0 amide bonds. The molecule has 0 aliphatic heterocycles. The fourth-order valence-corrected chi connectivity index (χ4v) is 3.51. The van der Waals surface area contributed by atoms with Gasteiger partial charge in [-0.2, -0.15) is 0 Å². The molecule has 1 aliphatic rings. The summed E-state index contributed by atoms with van der Waals surface area (Å²) in [6.07, 6.45) is 8.57. The molecule has 0 fully saturated rings. The van der Waals surface area contributed by atoms with E-state index in [1.54, 1.807) is 18.0 Å². The van der Waals surface area contributed by atoms with Crippen LogP contribution in [0.2, 0.25) is 0 Å². The average Bonchev–Trinajstić information content (AvgIpc) is 2.92. The number of pyridine rings is 1. The second kappa shape index (κ2) is 6.15. The van der Waals surface area contributed by atoms with E-state index < -0.39 is 0 Å². The van der Waals surface area contributed by atoms with Gasteiger partial charge in [0.15, 0.2) is 0 Å². The first-order chi connectivity index (χ1) is 11.8. The van der Waals surface area contributed by atoms with Crippen LogP contribution in [-0.2, 0) is 12.8 Å². The number of aromatic amines is 1. The Morgan fingerprint density at radius 2 is 1.83 bits per heavy atom. The lowest BCUT2D eigenvalue weighted by atomic mass is 9.96. The lowest BCUT2D eigenvalue weighted by Gasteiger charge is -2.13. The van der Waals surface area contributed by atoms with Gasteiger partial charge in [0, 0.05) is 11.9 Å². The number of benzene rings is 1. The number of methoxy groups -OCH3 is 1. The van der Waals surface area contributed by atoms with Gasteiger partial charge in [0.25, 0.3) is 5.56 Å². The van der Waals surface area contributed by atoms with E-state index in [4.69, 9.17) is 4.74 Å². The summed E-state index contributed by atoms with van der Waals surface area (Å²) in [6.45, 7) is 0. The minimum atomic E-state index is -0.0486. The van der Waals surface area contributed by atoms with Crippen molar-refractivity contribution in [1.29, 1.82) is 0 Å². The van der Waals surface area contributed by atoms with Gasteiger partial charge in [-0.1, -0.05) is 12.8 Å². The molecule has 0 unspecified atom stereocenters. The lowest BCUT2D eigenvalue weighted by Crippen LogP contribution is -2.14. The number of fused-ring (bicyclic) bond motifs is 3. The number of H-pyrrole nitrogens is 1. The molecule has 1 aliphatic carbocycles. The zero-order chi connectivity index (χ0) is 16.5. The Kier molecular flexibility index (Phi) is 3.84. The van der Waals surface area contributed by atoms with Gasteiger partial charge in [-0.25, -0.2) is 4.68 Å². The third kappa shape index (κ3) is 2.50. The van der Waals surface area contributed by atoms with Crippen LogP contribution in [0.15, 0.2) is 35.3 Å². The molecule has 2 aromatic heterocycles. The van der Waals surface area contributed by atoms with Crippen molar-refractivity contribution in [1.82, 2.24) is 14.8 Å². The van der Waals surface area contributed by atoms with Crippen molar-refractivity contribution in [2.75, 3.05) is 7.11 Å². The summed E-state index contributed by atoms with van der Waals surface area (Å²) in [5.41, 5.74) is 4.06. The lowest BCUT2D eigenvalue weighted by molar-refractivity contribution is 0.414. The number of rotatable bonds is 2. The minimum absolute atomic E-state index is 0.0486. The van der Waals surface area contributed by atoms with E-state index in [-0.39, 0.29) is 5.56 Å². The van der Waals surface area contributed by atoms with E-state index >= 15 is 0 Å². The Morgan fingerprint density at radius 1 is 1.08 bits per heavy atom. The van der Waals surface area contributed by atoms with Crippen LogP contribution in [0.3, 0.4) is 0 Å². The molecular weight excluding hydrogens is 302 g/mol. The number of aromatic nitrogens is 3. The Morgan fingerprint density at radius 3 is 2.58 bits per heavy atom. The molecular formula is C19H21N3O2. The highest BCUT2D eigenvalue weighted by molar-refractivity contribution is 5.81. The Bertz CT molecular complexity index is 922. The van der Waals surface area contributed by atoms with Crippen LogP contribution >= 0.6 is 0 Å². The molecule has 124 valence electrons. The highest BCUT2D eigenvalue weighted by Crippen LogP contribution is 2.24. The zero-order valence-electron chi connectivity index (χ0n) is 13.8. The number of aryl methyl sites for hydroxylation is 2. The largest absolute Gasteiger partial charge is 0.497 e. The normalized spacial score (nSPS) is 14.9. The highest BCUT2D eigenvalue weighted by Gasteiger charge is 2.17. The van der Waals surface area contributed by atoms with E-state index in [2.05, 4.69) is 10.1 Å². The molecule has 0 atom stereocenters. The molecule has 1 N–H and O–H groups in total. The number of nitrogens with one attached hydrogen (secondary N) is 1. The minimum Gasteiger partial charge on any atom is -0.497 e. The average molecular weight is 323 g/mol. The first kappa shape index (κ1) is 15.0. The fourth-order valence-electron chi connectivity index (χ4n) is 3.51. The molecule has 5 nitrogen and oxygen atoms in total. The first-order valence-corrected chi connectivity index (χ1v) is 8.54. The molecule has 2 heterocycles. The molecule has 0 spiro atoms. The summed E-state index contributed by atoms with van der Waals surface area (Å²) in [5, 5.41) is 3.99. The van der Waals surface area contributed by atoms with Crippen LogP contribution < -0.4 is 10.3 Å². The molecule has 24 heavy (non-hydrogen) atoms. The van der Waals surface area contributed by atoms with Crippen LogP contribution in [0.5, 0.6) is 5.75 Å². The first-order valence-electron chi connectivity index (χ1n) is 8.54. The topological polar surface area (TPSA) is 59.9 Å². The molecule has 5 heteroatoms. The van der Waals surface area contributed by atoms with Crippen molar-refractivity contribution in [3.63, 3.8) is 0 Å². The van der Waals surface area contributed by atoms with Crippen molar-refractivity contribution in [2.45, 2.75) is 38.5 Å². The smallest absolute Gasteiger partial charge is 0.280 e. The van der Waals surface area contributed by atoms with Crippen LogP contribution in [0.1, 0.15) is 36.9 Å². The standard InChI is InChI=1S/C19H21N3O2/c1-24-14-10-8-13(9-11-14)22-19(23)16-12-20-17-7-5-3-2-4-6-15(17)18(16)21-22/h8-12,21H,2-7H2,1H3. The van der Waals surface area contributed by atoms with Crippen LogP contribution in [-0.4, -0.2) is 21.9 Å². The van der Waals surface area contributed by atoms with Crippen molar-refractivity contribution >= 4 is 10.9 Å².